The molecule has 1 saturated heterocycles. The molecule has 1 amide bonds. The van der Waals surface area contributed by atoms with Crippen molar-refractivity contribution in [2.75, 3.05) is 11.9 Å². The van der Waals surface area contributed by atoms with Crippen molar-refractivity contribution in [3.63, 3.8) is 0 Å². The lowest BCUT2D eigenvalue weighted by molar-refractivity contribution is -0.121. The third-order valence-electron chi connectivity index (χ3n) is 3.33. The largest absolute Gasteiger partial charge is 0.478 e. The third-order valence-corrected chi connectivity index (χ3v) is 3.66. The summed E-state index contributed by atoms with van der Waals surface area (Å²) in [6, 6.07) is 4.22. The zero-order valence-electron chi connectivity index (χ0n) is 10.5. The van der Waals surface area contributed by atoms with Crippen molar-refractivity contribution in [1.29, 1.82) is 0 Å². The van der Waals surface area contributed by atoms with Crippen molar-refractivity contribution in [2.45, 2.75) is 25.3 Å². The second kappa shape index (κ2) is 5.19. The van der Waals surface area contributed by atoms with Crippen LogP contribution >= 0.6 is 11.6 Å². The maximum atomic E-state index is 12.2. The van der Waals surface area contributed by atoms with E-state index in [0.717, 1.165) is 19.4 Å². The van der Waals surface area contributed by atoms with Gasteiger partial charge in [-0.15, -0.1) is 0 Å². The number of nitrogens with one attached hydrogen (secondary N) is 2. The van der Waals surface area contributed by atoms with E-state index in [1.54, 1.807) is 0 Å². The monoisotopic (exact) mass is 282 g/mol. The summed E-state index contributed by atoms with van der Waals surface area (Å²) in [5.74, 6) is -1.26. The summed E-state index contributed by atoms with van der Waals surface area (Å²) in [7, 11) is 0. The normalized spacial score (nSPS) is 22.2. The summed E-state index contributed by atoms with van der Waals surface area (Å²) >= 11 is 5.97. The predicted octanol–water partition coefficient (Wildman–Crippen LogP) is 2.12. The maximum Gasteiger partial charge on any atom is 0.335 e. The number of anilines is 1. The number of carboxylic acid groups (broad SMARTS) is 1. The van der Waals surface area contributed by atoms with Gasteiger partial charge in [0.2, 0.25) is 5.91 Å². The predicted molar refractivity (Wildman–Crippen MR) is 72.7 cm³/mol. The standard InChI is InChI=1S/C13H15ClN2O3/c1-13(5-2-6-15-13)12(19)16-10-7-8(11(17)18)3-4-9(10)14/h3-4,7,15H,2,5-6H2,1H3,(H,16,19)(H,17,18). The Kier molecular flexibility index (Phi) is 3.78. The Morgan fingerprint density at radius 1 is 1.47 bits per heavy atom. The number of hydrogen-bond acceptors (Lipinski definition) is 3. The van der Waals surface area contributed by atoms with Crippen LogP contribution in [0, 0.1) is 0 Å². The lowest BCUT2D eigenvalue weighted by Crippen LogP contribution is -2.48. The molecule has 1 fully saturated rings. The lowest BCUT2D eigenvalue weighted by atomic mass is 9.99. The minimum atomic E-state index is -1.06. The molecule has 5 nitrogen and oxygen atoms in total. The summed E-state index contributed by atoms with van der Waals surface area (Å²) in [4.78, 5) is 23.1. The van der Waals surface area contributed by atoms with Gasteiger partial charge in [0.1, 0.15) is 0 Å². The summed E-state index contributed by atoms with van der Waals surface area (Å²) in [5.41, 5.74) is -0.214. The molecule has 0 radical (unpaired) electrons. The van der Waals surface area contributed by atoms with Crippen LogP contribution in [-0.4, -0.2) is 29.1 Å². The van der Waals surface area contributed by atoms with Crippen LogP contribution in [0.15, 0.2) is 18.2 Å². The molecular formula is C13H15ClN2O3. The SMILES string of the molecule is CC1(C(=O)Nc2cc(C(=O)O)ccc2Cl)CCCN1. The molecular weight excluding hydrogens is 268 g/mol. The van der Waals surface area contributed by atoms with Crippen molar-refractivity contribution in [3.05, 3.63) is 28.8 Å². The molecule has 6 heteroatoms. The third kappa shape index (κ3) is 2.88. The molecule has 1 unspecified atom stereocenters. The number of halogens is 1. The van der Waals surface area contributed by atoms with Crippen LogP contribution in [0.4, 0.5) is 5.69 Å². The Labute approximate surface area is 116 Å². The average Bonchev–Trinajstić information content (AvgIpc) is 2.80. The fourth-order valence-electron chi connectivity index (χ4n) is 2.10. The Bertz CT molecular complexity index is 525. The first-order chi connectivity index (χ1) is 8.92. The van der Waals surface area contributed by atoms with Crippen molar-refractivity contribution in [3.8, 4) is 0 Å². The molecule has 3 N–H and O–H groups in total. The van der Waals surface area contributed by atoms with Gasteiger partial charge in [0, 0.05) is 0 Å². The molecule has 19 heavy (non-hydrogen) atoms. The zero-order valence-corrected chi connectivity index (χ0v) is 11.3. The number of carboxylic acids is 1. The van der Waals surface area contributed by atoms with E-state index in [4.69, 9.17) is 16.7 Å². The molecule has 1 aliphatic heterocycles. The highest BCUT2D eigenvalue weighted by Crippen LogP contribution is 2.26. The molecule has 1 heterocycles. The highest BCUT2D eigenvalue weighted by molar-refractivity contribution is 6.34. The van der Waals surface area contributed by atoms with Crippen molar-refractivity contribution >= 4 is 29.2 Å². The first-order valence-electron chi connectivity index (χ1n) is 6.02. The Morgan fingerprint density at radius 2 is 2.21 bits per heavy atom. The smallest absolute Gasteiger partial charge is 0.335 e. The van der Waals surface area contributed by atoms with Gasteiger partial charge in [-0.25, -0.2) is 4.79 Å². The number of aromatic carboxylic acids is 1. The summed E-state index contributed by atoms with van der Waals surface area (Å²) in [5, 5.41) is 15.1. The summed E-state index contributed by atoms with van der Waals surface area (Å²) in [6.45, 7) is 2.62. The minimum Gasteiger partial charge on any atom is -0.478 e. The van der Waals surface area contributed by atoms with E-state index in [-0.39, 0.29) is 11.5 Å². The zero-order chi connectivity index (χ0) is 14.0. The van der Waals surface area contributed by atoms with Gasteiger partial charge < -0.3 is 15.7 Å². The van der Waals surface area contributed by atoms with Gasteiger partial charge in [-0.05, 0) is 44.5 Å². The number of benzene rings is 1. The van der Waals surface area contributed by atoms with Gasteiger partial charge in [0.25, 0.3) is 0 Å². The summed E-state index contributed by atoms with van der Waals surface area (Å²) < 4.78 is 0. The van der Waals surface area contributed by atoms with Crippen LogP contribution in [-0.2, 0) is 4.79 Å². The van der Waals surface area contributed by atoms with E-state index < -0.39 is 11.5 Å². The summed E-state index contributed by atoms with van der Waals surface area (Å²) in [6.07, 6.45) is 1.68. The highest BCUT2D eigenvalue weighted by Gasteiger charge is 2.36. The topological polar surface area (TPSA) is 78.4 Å². The molecule has 0 spiro atoms. The fourth-order valence-corrected chi connectivity index (χ4v) is 2.27. The van der Waals surface area contributed by atoms with E-state index in [9.17, 15) is 9.59 Å². The number of hydrogen-bond donors (Lipinski definition) is 3. The number of rotatable bonds is 3. The van der Waals surface area contributed by atoms with E-state index in [2.05, 4.69) is 10.6 Å². The fraction of sp³-hybridized carbons (Fsp3) is 0.385. The molecule has 0 aliphatic carbocycles. The molecule has 0 bridgehead atoms. The Hall–Kier alpha value is -1.59. The van der Waals surface area contributed by atoms with E-state index >= 15 is 0 Å². The molecule has 1 aromatic carbocycles. The minimum absolute atomic E-state index is 0.0873. The van der Waals surface area contributed by atoms with Crippen LogP contribution in [0.5, 0.6) is 0 Å². The van der Waals surface area contributed by atoms with Gasteiger partial charge in [-0.2, -0.15) is 0 Å². The van der Waals surface area contributed by atoms with Crippen LogP contribution in [0.3, 0.4) is 0 Å². The highest BCUT2D eigenvalue weighted by atomic mass is 35.5. The number of carbonyl (C=O) groups excluding carboxylic acids is 1. The van der Waals surface area contributed by atoms with Crippen LogP contribution in [0.2, 0.25) is 5.02 Å². The first-order valence-corrected chi connectivity index (χ1v) is 6.39. The van der Waals surface area contributed by atoms with Gasteiger partial charge in [0.05, 0.1) is 21.8 Å². The first kappa shape index (κ1) is 13.8. The molecule has 1 aromatic rings. The molecule has 0 aromatic heterocycles. The molecule has 102 valence electrons. The van der Waals surface area contributed by atoms with Crippen molar-refractivity contribution in [2.24, 2.45) is 0 Å². The van der Waals surface area contributed by atoms with E-state index in [0.29, 0.717) is 10.7 Å². The molecule has 2 rings (SSSR count). The van der Waals surface area contributed by atoms with Crippen molar-refractivity contribution < 1.29 is 14.7 Å². The Morgan fingerprint density at radius 3 is 2.79 bits per heavy atom. The van der Waals surface area contributed by atoms with Gasteiger partial charge in [-0.3, -0.25) is 4.79 Å². The second-order valence-corrected chi connectivity index (χ2v) is 5.22. The molecule has 0 saturated carbocycles. The molecule has 1 aliphatic rings. The van der Waals surface area contributed by atoms with Gasteiger partial charge in [0.15, 0.2) is 0 Å². The quantitative estimate of drug-likeness (QED) is 0.793. The van der Waals surface area contributed by atoms with Gasteiger partial charge >= 0.3 is 5.97 Å². The van der Waals surface area contributed by atoms with E-state index in [1.807, 2.05) is 6.92 Å². The second-order valence-electron chi connectivity index (χ2n) is 4.82. The molecule has 1 atom stereocenters. The number of amides is 1. The van der Waals surface area contributed by atoms with Crippen molar-refractivity contribution in [1.82, 2.24) is 5.32 Å². The maximum absolute atomic E-state index is 12.2. The number of carbonyl (C=O) groups is 2. The van der Waals surface area contributed by atoms with Gasteiger partial charge in [-0.1, -0.05) is 11.6 Å². The van der Waals surface area contributed by atoms with E-state index in [1.165, 1.54) is 18.2 Å². The van der Waals surface area contributed by atoms with Crippen LogP contribution in [0.1, 0.15) is 30.1 Å². The van der Waals surface area contributed by atoms with Crippen LogP contribution in [0.25, 0.3) is 0 Å². The Balaban J connectivity index is 2.20. The van der Waals surface area contributed by atoms with Crippen LogP contribution < -0.4 is 10.6 Å². The lowest BCUT2D eigenvalue weighted by Gasteiger charge is -2.23. The average molecular weight is 283 g/mol.